The van der Waals surface area contributed by atoms with Crippen LogP contribution in [0.1, 0.15) is 23.7 Å². The summed E-state index contributed by atoms with van der Waals surface area (Å²) >= 11 is 5.73. The van der Waals surface area contributed by atoms with E-state index in [4.69, 9.17) is 21.4 Å². The molecule has 21 heavy (non-hydrogen) atoms. The molecule has 0 aliphatic carbocycles. The van der Waals surface area contributed by atoms with Crippen LogP contribution < -0.4 is 4.72 Å². The van der Waals surface area contributed by atoms with Gasteiger partial charge in [-0.15, -0.1) is 0 Å². The number of rotatable bonds is 5. The van der Waals surface area contributed by atoms with Gasteiger partial charge in [-0.2, -0.15) is 0 Å². The molecular weight excluding hydrogens is 318 g/mol. The molecule has 116 valence electrons. The molecule has 1 fully saturated rings. The number of hydrogen-bond acceptors (Lipinski definition) is 4. The number of ether oxygens (including phenoxy) is 1. The van der Waals surface area contributed by atoms with Crippen molar-refractivity contribution in [1.82, 2.24) is 4.72 Å². The van der Waals surface area contributed by atoms with E-state index in [1.54, 1.807) is 0 Å². The Hall–Kier alpha value is -1.15. The molecule has 2 atom stereocenters. The third-order valence-electron chi connectivity index (χ3n) is 3.55. The van der Waals surface area contributed by atoms with Crippen LogP contribution in [0.2, 0.25) is 5.02 Å². The van der Waals surface area contributed by atoms with Crippen LogP contribution in [0.5, 0.6) is 0 Å². The lowest BCUT2D eigenvalue weighted by Crippen LogP contribution is -2.32. The highest BCUT2D eigenvalue weighted by atomic mass is 35.5. The molecule has 2 N–H and O–H groups in total. The first-order chi connectivity index (χ1) is 9.81. The third kappa shape index (κ3) is 3.74. The third-order valence-corrected chi connectivity index (χ3v) is 5.30. The Bertz CT molecular complexity index is 646. The first-order valence-electron chi connectivity index (χ1n) is 6.45. The zero-order valence-electron chi connectivity index (χ0n) is 11.4. The number of aromatic carboxylic acids is 1. The van der Waals surface area contributed by atoms with Gasteiger partial charge in [-0.05, 0) is 31.5 Å². The molecule has 1 aromatic carbocycles. The van der Waals surface area contributed by atoms with Crippen LogP contribution in [-0.2, 0) is 14.8 Å². The summed E-state index contributed by atoms with van der Waals surface area (Å²) in [5.41, 5.74) is -0.239. The molecule has 0 spiro atoms. The van der Waals surface area contributed by atoms with E-state index in [0.717, 1.165) is 12.5 Å². The summed E-state index contributed by atoms with van der Waals surface area (Å²) in [6.45, 7) is 2.78. The lowest BCUT2D eigenvalue weighted by Gasteiger charge is -2.15. The lowest BCUT2D eigenvalue weighted by molar-refractivity contribution is 0.0697. The first-order valence-corrected chi connectivity index (χ1v) is 8.31. The second kappa shape index (κ2) is 6.31. The van der Waals surface area contributed by atoms with Crippen molar-refractivity contribution in [3.63, 3.8) is 0 Å². The van der Waals surface area contributed by atoms with Gasteiger partial charge in [0.25, 0.3) is 0 Å². The average molecular weight is 334 g/mol. The maximum Gasteiger partial charge on any atom is 0.337 e. The van der Waals surface area contributed by atoms with Crippen molar-refractivity contribution in [3.8, 4) is 0 Å². The van der Waals surface area contributed by atoms with Gasteiger partial charge in [-0.1, -0.05) is 11.6 Å². The number of carbonyl (C=O) groups is 1. The molecule has 8 heteroatoms. The van der Waals surface area contributed by atoms with Gasteiger partial charge < -0.3 is 9.84 Å². The van der Waals surface area contributed by atoms with Crippen LogP contribution in [0.15, 0.2) is 23.1 Å². The summed E-state index contributed by atoms with van der Waals surface area (Å²) in [5, 5.41) is 8.98. The minimum Gasteiger partial charge on any atom is -0.478 e. The van der Waals surface area contributed by atoms with E-state index in [2.05, 4.69) is 4.72 Å². The average Bonchev–Trinajstić information content (AvgIpc) is 2.82. The van der Waals surface area contributed by atoms with Gasteiger partial charge >= 0.3 is 5.97 Å². The molecule has 6 nitrogen and oxygen atoms in total. The molecule has 1 heterocycles. The Morgan fingerprint density at radius 2 is 2.24 bits per heavy atom. The van der Waals surface area contributed by atoms with Gasteiger partial charge in [0, 0.05) is 19.1 Å². The summed E-state index contributed by atoms with van der Waals surface area (Å²) < 4.78 is 32.2. The summed E-state index contributed by atoms with van der Waals surface area (Å²) in [4.78, 5) is 10.9. The van der Waals surface area contributed by atoms with Crippen LogP contribution in [0.25, 0.3) is 0 Å². The molecule has 0 saturated carbocycles. The quantitative estimate of drug-likeness (QED) is 0.856. The lowest BCUT2D eigenvalue weighted by atomic mass is 10.0. The monoisotopic (exact) mass is 333 g/mol. The van der Waals surface area contributed by atoms with Crippen molar-refractivity contribution in [1.29, 1.82) is 0 Å². The maximum atomic E-state index is 12.2. The van der Waals surface area contributed by atoms with Crippen molar-refractivity contribution in [2.75, 3.05) is 13.2 Å². The molecule has 0 bridgehead atoms. The number of carboxylic acid groups (broad SMARTS) is 1. The van der Waals surface area contributed by atoms with Crippen molar-refractivity contribution in [2.24, 2.45) is 5.92 Å². The van der Waals surface area contributed by atoms with E-state index in [0.29, 0.717) is 6.61 Å². The number of halogens is 1. The molecule has 0 amide bonds. The Morgan fingerprint density at radius 1 is 1.52 bits per heavy atom. The maximum absolute atomic E-state index is 12.2. The standard InChI is InChI=1S/C13H16ClNO5S/c1-8-9(4-5-20-8)7-15-21(18,19)10-2-3-12(14)11(6-10)13(16)17/h2-3,6,8-9,15H,4-5,7H2,1H3,(H,16,17). The fraction of sp³-hybridized carbons (Fsp3) is 0.462. The zero-order chi connectivity index (χ0) is 15.6. The van der Waals surface area contributed by atoms with Crippen molar-refractivity contribution >= 4 is 27.6 Å². The molecule has 2 unspecified atom stereocenters. The summed E-state index contributed by atoms with van der Waals surface area (Å²) in [6, 6.07) is 3.61. The minimum atomic E-state index is -3.77. The molecule has 1 aliphatic heterocycles. The summed E-state index contributed by atoms with van der Waals surface area (Å²) in [7, 11) is -3.77. The van der Waals surface area contributed by atoms with E-state index in [9.17, 15) is 13.2 Å². The Morgan fingerprint density at radius 3 is 2.81 bits per heavy atom. The van der Waals surface area contributed by atoms with E-state index in [1.165, 1.54) is 12.1 Å². The Labute approximate surface area is 128 Å². The summed E-state index contributed by atoms with van der Waals surface area (Å²) in [6.07, 6.45) is 0.803. The number of hydrogen-bond donors (Lipinski definition) is 2. The highest BCUT2D eigenvalue weighted by molar-refractivity contribution is 7.89. The highest BCUT2D eigenvalue weighted by Gasteiger charge is 2.26. The van der Waals surface area contributed by atoms with Crippen LogP contribution in [-0.4, -0.2) is 38.7 Å². The summed E-state index contributed by atoms with van der Waals surface area (Å²) in [5.74, 6) is -1.15. The fourth-order valence-electron chi connectivity index (χ4n) is 2.18. The van der Waals surface area contributed by atoms with Crippen LogP contribution >= 0.6 is 11.6 Å². The van der Waals surface area contributed by atoms with Crippen molar-refractivity contribution in [2.45, 2.75) is 24.3 Å². The fourth-order valence-corrected chi connectivity index (χ4v) is 3.50. The van der Waals surface area contributed by atoms with Gasteiger partial charge in [0.1, 0.15) is 0 Å². The minimum absolute atomic E-state index is 0.000680. The Kier molecular flexibility index (Phi) is 4.88. The van der Waals surface area contributed by atoms with Crippen molar-refractivity contribution < 1.29 is 23.1 Å². The van der Waals surface area contributed by atoms with Crippen LogP contribution in [0.3, 0.4) is 0 Å². The molecule has 0 aromatic heterocycles. The van der Waals surface area contributed by atoms with E-state index < -0.39 is 16.0 Å². The van der Waals surface area contributed by atoms with Gasteiger partial charge in [0.2, 0.25) is 10.0 Å². The second-order valence-electron chi connectivity index (χ2n) is 4.92. The normalized spacial score (nSPS) is 22.4. The largest absolute Gasteiger partial charge is 0.478 e. The van der Waals surface area contributed by atoms with Gasteiger partial charge in [0.05, 0.1) is 21.6 Å². The number of nitrogens with one attached hydrogen (secondary N) is 1. The Balaban J connectivity index is 2.15. The number of sulfonamides is 1. The van der Waals surface area contributed by atoms with Gasteiger partial charge in [-0.3, -0.25) is 0 Å². The van der Waals surface area contributed by atoms with Crippen LogP contribution in [0, 0.1) is 5.92 Å². The van der Waals surface area contributed by atoms with E-state index in [1.807, 2.05) is 6.92 Å². The van der Waals surface area contributed by atoms with Crippen LogP contribution in [0.4, 0.5) is 0 Å². The zero-order valence-corrected chi connectivity index (χ0v) is 12.9. The predicted molar refractivity (Wildman–Crippen MR) is 77.1 cm³/mol. The molecule has 0 radical (unpaired) electrons. The molecule has 1 aliphatic rings. The second-order valence-corrected chi connectivity index (χ2v) is 7.10. The van der Waals surface area contributed by atoms with Gasteiger partial charge in [-0.25, -0.2) is 17.9 Å². The smallest absolute Gasteiger partial charge is 0.337 e. The SMILES string of the molecule is CC1OCCC1CNS(=O)(=O)c1ccc(Cl)c(C(=O)O)c1. The first kappa shape index (κ1) is 16.2. The number of benzene rings is 1. The van der Waals surface area contributed by atoms with E-state index in [-0.39, 0.29) is 34.0 Å². The van der Waals surface area contributed by atoms with Crippen molar-refractivity contribution in [3.05, 3.63) is 28.8 Å². The molecule has 1 aromatic rings. The molecule has 1 saturated heterocycles. The predicted octanol–water partition coefficient (Wildman–Crippen LogP) is 1.74. The number of carboxylic acids is 1. The topological polar surface area (TPSA) is 92.7 Å². The molecule has 2 rings (SSSR count). The van der Waals surface area contributed by atoms with Gasteiger partial charge in [0.15, 0.2) is 0 Å². The highest BCUT2D eigenvalue weighted by Crippen LogP contribution is 2.22. The molecular formula is C13H16ClNO5S. The van der Waals surface area contributed by atoms with E-state index >= 15 is 0 Å².